The van der Waals surface area contributed by atoms with Crippen LogP contribution in [0.25, 0.3) is 21.5 Å². The van der Waals surface area contributed by atoms with Gasteiger partial charge in [-0.15, -0.1) is 0 Å². The second-order valence-corrected chi connectivity index (χ2v) is 4.13. The minimum atomic E-state index is 0.872. The maximum Gasteiger partial charge on any atom is 0.133 e. The van der Waals surface area contributed by atoms with E-state index in [9.17, 15) is 0 Å². The van der Waals surface area contributed by atoms with E-state index >= 15 is 0 Å². The monoisotopic (exact) mass is 238 g/mol. The number of nitrogens with one attached hydrogen (secondary N) is 1. The molecule has 3 heteroatoms. The van der Waals surface area contributed by atoms with E-state index in [1.807, 2.05) is 37.5 Å². The number of hydrogen-bond donors (Lipinski definition) is 1. The van der Waals surface area contributed by atoms with Crippen LogP contribution in [-0.4, -0.2) is 19.1 Å². The molecule has 0 spiro atoms. The molecule has 3 aromatic rings. The Morgan fingerprint density at radius 2 is 1.72 bits per heavy atom. The Kier molecular flexibility index (Phi) is 2.52. The van der Waals surface area contributed by atoms with Gasteiger partial charge in [0.05, 0.1) is 7.11 Å². The van der Waals surface area contributed by atoms with E-state index in [1.54, 1.807) is 7.11 Å². The van der Waals surface area contributed by atoms with E-state index in [-0.39, 0.29) is 0 Å². The van der Waals surface area contributed by atoms with Crippen LogP contribution in [0.5, 0.6) is 5.75 Å². The summed E-state index contributed by atoms with van der Waals surface area (Å²) in [5.74, 6) is 1.75. The molecule has 0 aliphatic rings. The summed E-state index contributed by atoms with van der Waals surface area (Å²) in [6.45, 7) is 0. The van der Waals surface area contributed by atoms with Crippen LogP contribution in [0.15, 0.2) is 42.6 Å². The van der Waals surface area contributed by atoms with Crippen molar-refractivity contribution in [2.24, 2.45) is 0 Å². The Bertz CT molecular complexity index is 717. The Hall–Kier alpha value is -2.29. The van der Waals surface area contributed by atoms with E-state index in [1.165, 1.54) is 10.8 Å². The van der Waals surface area contributed by atoms with Gasteiger partial charge in [0.25, 0.3) is 0 Å². The van der Waals surface area contributed by atoms with E-state index in [0.717, 1.165) is 22.3 Å². The highest BCUT2D eigenvalue weighted by Gasteiger charge is 2.09. The summed E-state index contributed by atoms with van der Waals surface area (Å²) in [7, 11) is 3.58. The first-order chi connectivity index (χ1) is 8.85. The number of methoxy groups -OCH3 is 1. The van der Waals surface area contributed by atoms with Gasteiger partial charge in [-0.25, -0.2) is 4.98 Å². The molecule has 1 heterocycles. The molecule has 0 fully saturated rings. The summed E-state index contributed by atoms with van der Waals surface area (Å²) in [5.41, 5.74) is 0. The molecule has 18 heavy (non-hydrogen) atoms. The number of benzene rings is 2. The lowest BCUT2D eigenvalue weighted by Gasteiger charge is -2.11. The molecular formula is C15H14N2O. The van der Waals surface area contributed by atoms with Crippen molar-refractivity contribution in [2.75, 3.05) is 19.5 Å². The highest BCUT2D eigenvalue weighted by Crippen LogP contribution is 2.35. The summed E-state index contributed by atoms with van der Waals surface area (Å²) in [6.07, 6.45) is 1.83. The average molecular weight is 238 g/mol. The van der Waals surface area contributed by atoms with E-state index in [0.29, 0.717) is 0 Å². The fourth-order valence-corrected chi connectivity index (χ4v) is 2.36. The largest absolute Gasteiger partial charge is 0.496 e. The van der Waals surface area contributed by atoms with Crippen molar-refractivity contribution in [3.05, 3.63) is 42.6 Å². The molecule has 0 bridgehead atoms. The number of ether oxygens (including phenoxy) is 1. The molecule has 0 amide bonds. The number of anilines is 1. The van der Waals surface area contributed by atoms with Crippen LogP contribution >= 0.6 is 0 Å². The van der Waals surface area contributed by atoms with Crippen molar-refractivity contribution in [3.8, 4) is 5.75 Å². The molecule has 0 aliphatic heterocycles. The van der Waals surface area contributed by atoms with E-state index in [2.05, 4.69) is 22.4 Å². The number of fused-ring (bicyclic) bond motifs is 3. The van der Waals surface area contributed by atoms with Gasteiger partial charge in [-0.2, -0.15) is 0 Å². The van der Waals surface area contributed by atoms with Gasteiger partial charge in [0.15, 0.2) is 0 Å². The normalized spacial score (nSPS) is 10.8. The molecule has 0 saturated carbocycles. The Labute approximate surface area is 105 Å². The van der Waals surface area contributed by atoms with Gasteiger partial charge >= 0.3 is 0 Å². The second-order valence-electron chi connectivity index (χ2n) is 4.13. The van der Waals surface area contributed by atoms with Crippen LogP contribution in [-0.2, 0) is 0 Å². The standard InChI is InChI=1S/C15H14N2O/c1-16-15-13-9-14(18-2)12-6-4-3-5-10(12)11(13)7-8-17-15/h3-9H,1-2H3,(H,16,17). The van der Waals surface area contributed by atoms with Crippen molar-refractivity contribution >= 4 is 27.4 Å². The minimum Gasteiger partial charge on any atom is -0.496 e. The highest BCUT2D eigenvalue weighted by atomic mass is 16.5. The lowest BCUT2D eigenvalue weighted by molar-refractivity contribution is 0.420. The quantitative estimate of drug-likeness (QED) is 0.694. The fourth-order valence-electron chi connectivity index (χ4n) is 2.36. The molecule has 0 atom stereocenters. The molecule has 1 aromatic heterocycles. The van der Waals surface area contributed by atoms with E-state index < -0.39 is 0 Å². The van der Waals surface area contributed by atoms with Crippen LogP contribution in [0.3, 0.4) is 0 Å². The molecule has 0 unspecified atom stereocenters. The number of rotatable bonds is 2. The smallest absolute Gasteiger partial charge is 0.133 e. The van der Waals surface area contributed by atoms with Crippen molar-refractivity contribution in [1.82, 2.24) is 4.98 Å². The summed E-state index contributed by atoms with van der Waals surface area (Å²) < 4.78 is 5.48. The fraction of sp³-hybridized carbons (Fsp3) is 0.133. The van der Waals surface area contributed by atoms with Gasteiger partial charge in [-0.3, -0.25) is 0 Å². The highest BCUT2D eigenvalue weighted by molar-refractivity contribution is 6.13. The summed E-state index contributed by atoms with van der Waals surface area (Å²) in [4.78, 5) is 4.34. The number of aromatic nitrogens is 1. The first kappa shape index (κ1) is 10.8. The third-order valence-electron chi connectivity index (χ3n) is 3.20. The van der Waals surface area contributed by atoms with E-state index in [4.69, 9.17) is 4.74 Å². The topological polar surface area (TPSA) is 34.2 Å². The Morgan fingerprint density at radius 3 is 2.44 bits per heavy atom. The SMILES string of the molecule is CNc1nccc2c1cc(OC)c1ccccc12. The number of hydrogen-bond acceptors (Lipinski definition) is 3. The predicted octanol–water partition coefficient (Wildman–Crippen LogP) is 3.44. The summed E-state index contributed by atoms with van der Waals surface area (Å²) in [5, 5.41) is 7.70. The van der Waals surface area contributed by atoms with Crippen LogP contribution < -0.4 is 10.1 Å². The third kappa shape index (κ3) is 1.48. The summed E-state index contributed by atoms with van der Waals surface area (Å²) >= 11 is 0. The summed E-state index contributed by atoms with van der Waals surface area (Å²) in [6, 6.07) is 12.3. The molecule has 1 N–H and O–H groups in total. The van der Waals surface area contributed by atoms with Crippen LogP contribution in [0.4, 0.5) is 5.82 Å². The van der Waals surface area contributed by atoms with Crippen LogP contribution in [0.2, 0.25) is 0 Å². The van der Waals surface area contributed by atoms with Gasteiger partial charge in [0.1, 0.15) is 11.6 Å². The zero-order valence-corrected chi connectivity index (χ0v) is 10.4. The molecule has 90 valence electrons. The van der Waals surface area contributed by atoms with Crippen molar-refractivity contribution in [3.63, 3.8) is 0 Å². The van der Waals surface area contributed by atoms with Crippen LogP contribution in [0.1, 0.15) is 0 Å². The minimum absolute atomic E-state index is 0.872. The number of pyridine rings is 1. The number of nitrogens with zero attached hydrogens (tertiary/aromatic N) is 1. The van der Waals surface area contributed by atoms with Gasteiger partial charge in [-0.1, -0.05) is 24.3 Å². The molecule has 0 saturated heterocycles. The lowest BCUT2D eigenvalue weighted by atomic mass is 10.0. The van der Waals surface area contributed by atoms with Crippen molar-refractivity contribution in [2.45, 2.75) is 0 Å². The lowest BCUT2D eigenvalue weighted by Crippen LogP contribution is -1.94. The van der Waals surface area contributed by atoms with Crippen molar-refractivity contribution in [1.29, 1.82) is 0 Å². The second kappa shape index (κ2) is 4.18. The van der Waals surface area contributed by atoms with Crippen LogP contribution in [0, 0.1) is 0 Å². The Balaban J connectivity index is 2.54. The first-order valence-electron chi connectivity index (χ1n) is 5.87. The zero-order valence-electron chi connectivity index (χ0n) is 10.4. The maximum atomic E-state index is 5.48. The molecule has 3 nitrogen and oxygen atoms in total. The van der Waals surface area contributed by atoms with Gasteiger partial charge in [-0.05, 0) is 22.9 Å². The third-order valence-corrected chi connectivity index (χ3v) is 3.20. The van der Waals surface area contributed by atoms with Gasteiger partial charge < -0.3 is 10.1 Å². The molecule has 0 aliphatic carbocycles. The molecule has 2 aromatic carbocycles. The molecular weight excluding hydrogens is 224 g/mol. The predicted molar refractivity (Wildman–Crippen MR) is 75.3 cm³/mol. The first-order valence-corrected chi connectivity index (χ1v) is 5.87. The average Bonchev–Trinajstić information content (AvgIpc) is 2.45. The maximum absolute atomic E-state index is 5.48. The van der Waals surface area contributed by atoms with Gasteiger partial charge in [0, 0.05) is 24.0 Å². The Morgan fingerprint density at radius 1 is 1.00 bits per heavy atom. The molecule has 0 radical (unpaired) electrons. The van der Waals surface area contributed by atoms with Gasteiger partial charge in [0.2, 0.25) is 0 Å². The molecule has 3 rings (SSSR count). The van der Waals surface area contributed by atoms with Crippen molar-refractivity contribution < 1.29 is 4.74 Å². The zero-order chi connectivity index (χ0) is 12.5.